The number of hydrogen-bond donors (Lipinski definition) is 4. The van der Waals surface area contributed by atoms with Crippen molar-refractivity contribution in [1.29, 1.82) is 1.12 Å². The minimum atomic E-state index is -0.173. The zero-order chi connectivity index (χ0) is 30.9. The molecule has 0 radical (unpaired) electrons. The number of thiol groups is 1. The Labute approximate surface area is 255 Å². The van der Waals surface area contributed by atoms with Crippen LogP contribution < -0.4 is 16.0 Å². The molecule has 3 N–H and O–H groups in total. The SMILES string of the molecule is [2H]SCC1c2cc(NC(=O)CCCC(=O)NCCOCCCC)ccc2-c2c(C(=O)NCCOCCCOC)cccc21. The van der Waals surface area contributed by atoms with Gasteiger partial charge in [-0.3, -0.25) is 14.4 Å². The van der Waals surface area contributed by atoms with Crippen molar-refractivity contribution in [3.63, 3.8) is 0 Å². The highest BCUT2D eigenvalue weighted by Gasteiger charge is 2.31. The van der Waals surface area contributed by atoms with E-state index in [1.165, 1.54) is 0 Å². The van der Waals surface area contributed by atoms with Crippen LogP contribution in [0.2, 0.25) is 0 Å². The predicted octanol–water partition coefficient (Wildman–Crippen LogP) is 4.55. The molecule has 9 nitrogen and oxygen atoms in total. The van der Waals surface area contributed by atoms with Gasteiger partial charge in [0, 0.05) is 75.8 Å². The number of anilines is 1. The van der Waals surface area contributed by atoms with E-state index in [9.17, 15) is 14.4 Å². The summed E-state index contributed by atoms with van der Waals surface area (Å²) in [5.41, 5.74) is 5.02. The fraction of sp³-hybridized carbons (Fsp3) is 0.531. The van der Waals surface area contributed by atoms with E-state index in [-0.39, 0.29) is 36.5 Å². The maximum atomic E-state index is 13.2. The van der Waals surface area contributed by atoms with Crippen molar-refractivity contribution in [3.8, 4) is 11.1 Å². The smallest absolute Gasteiger partial charge is 0.252 e. The molecule has 2 aromatic carbocycles. The second-order valence-corrected chi connectivity index (χ2v) is 10.6. The summed E-state index contributed by atoms with van der Waals surface area (Å²) in [7, 11) is 1.65. The fourth-order valence-electron chi connectivity index (χ4n) is 4.93. The topological polar surface area (TPSA) is 115 Å². The van der Waals surface area contributed by atoms with E-state index >= 15 is 0 Å². The van der Waals surface area contributed by atoms with Gasteiger partial charge in [0.15, 0.2) is 0 Å². The molecule has 1 unspecified atom stereocenters. The first kappa shape index (κ1) is 32.0. The number of methoxy groups -OCH3 is 1. The molecule has 0 bridgehead atoms. The lowest BCUT2D eigenvalue weighted by Crippen LogP contribution is -2.28. The van der Waals surface area contributed by atoms with Crippen LogP contribution in [-0.2, 0) is 23.8 Å². The number of unbranched alkanes of at least 4 members (excludes halogenated alkanes) is 1. The van der Waals surface area contributed by atoms with E-state index in [1.807, 2.05) is 36.4 Å². The van der Waals surface area contributed by atoms with Crippen LogP contribution in [0.5, 0.6) is 0 Å². The number of rotatable bonds is 21. The second-order valence-electron chi connectivity index (χ2n) is 10.2. The summed E-state index contributed by atoms with van der Waals surface area (Å²) in [6.07, 6.45) is 3.83. The molecule has 1 atom stereocenters. The van der Waals surface area contributed by atoms with E-state index in [2.05, 4.69) is 22.9 Å². The summed E-state index contributed by atoms with van der Waals surface area (Å²) in [4.78, 5) is 37.9. The number of benzene rings is 2. The maximum Gasteiger partial charge on any atom is 0.252 e. The van der Waals surface area contributed by atoms with Gasteiger partial charge in [0.2, 0.25) is 11.8 Å². The number of carbonyl (C=O) groups is 3. The van der Waals surface area contributed by atoms with Gasteiger partial charge >= 0.3 is 0 Å². The summed E-state index contributed by atoms with van der Waals surface area (Å²) in [6.45, 7) is 5.79. The number of amides is 3. The van der Waals surface area contributed by atoms with E-state index in [0.717, 1.165) is 54.0 Å². The molecule has 1 aliphatic carbocycles. The molecule has 42 heavy (non-hydrogen) atoms. The summed E-state index contributed by atoms with van der Waals surface area (Å²) in [5, 5.41) is 8.73. The Morgan fingerprint density at radius 3 is 2.40 bits per heavy atom. The van der Waals surface area contributed by atoms with Gasteiger partial charge in [0.25, 0.3) is 5.91 Å². The fourth-order valence-corrected chi connectivity index (χ4v) is 5.28. The lowest BCUT2D eigenvalue weighted by Gasteiger charge is -2.12. The van der Waals surface area contributed by atoms with Crippen LogP contribution in [0.1, 0.15) is 72.9 Å². The van der Waals surface area contributed by atoms with E-state index in [4.69, 9.17) is 15.3 Å². The Bertz CT molecular complexity index is 1200. The highest BCUT2D eigenvalue weighted by atomic mass is 32.1. The number of hydrogen-bond acceptors (Lipinski definition) is 7. The third-order valence-electron chi connectivity index (χ3n) is 7.05. The van der Waals surface area contributed by atoms with Gasteiger partial charge in [0.05, 0.1) is 13.2 Å². The number of nitrogens with one attached hydrogen (secondary N) is 3. The van der Waals surface area contributed by atoms with Crippen molar-refractivity contribution in [2.24, 2.45) is 0 Å². The molecular formula is C32H45N3O6S. The minimum absolute atomic E-state index is 0.0733. The second kappa shape index (κ2) is 18.6. The highest BCUT2D eigenvalue weighted by Crippen LogP contribution is 2.47. The average Bonchev–Trinajstić information content (AvgIpc) is 3.31. The number of carbonyl (C=O) groups excluding carboxylic acids is 3. The Morgan fingerprint density at radius 2 is 1.64 bits per heavy atom. The molecule has 1 aliphatic rings. The van der Waals surface area contributed by atoms with Crippen molar-refractivity contribution in [2.75, 3.05) is 64.3 Å². The molecule has 10 heteroatoms. The first-order valence-electron chi connectivity index (χ1n) is 15.2. The van der Waals surface area contributed by atoms with Gasteiger partial charge in [0.1, 0.15) is 1.12 Å². The van der Waals surface area contributed by atoms with Crippen molar-refractivity contribution in [3.05, 3.63) is 53.1 Å². The monoisotopic (exact) mass is 600 g/mol. The summed E-state index contributed by atoms with van der Waals surface area (Å²) >= 11 is 1.000. The quantitative estimate of drug-likeness (QED) is 0.123. The Hall–Kier alpha value is -2.92. The van der Waals surface area contributed by atoms with E-state index in [0.29, 0.717) is 69.5 Å². The number of fused-ring (bicyclic) bond motifs is 3. The molecule has 230 valence electrons. The zero-order valence-corrected chi connectivity index (χ0v) is 25.6. The maximum absolute atomic E-state index is 13.2. The molecule has 0 saturated heterocycles. The molecule has 3 amide bonds. The molecule has 0 aliphatic heterocycles. The third-order valence-corrected chi connectivity index (χ3v) is 7.38. The van der Waals surface area contributed by atoms with Crippen LogP contribution in [-0.4, -0.2) is 77.8 Å². The van der Waals surface area contributed by atoms with Crippen LogP contribution in [0, 0.1) is 0 Å². The Kier molecular flexibility index (Phi) is 14.2. The Balaban J connectivity index is 1.56. The summed E-state index contributed by atoms with van der Waals surface area (Å²) in [5.74, 6) is 0.0227. The average molecular weight is 601 g/mol. The normalized spacial score (nSPS) is 13.7. The van der Waals surface area contributed by atoms with Crippen LogP contribution in [0.15, 0.2) is 36.4 Å². The largest absolute Gasteiger partial charge is 0.385 e. The van der Waals surface area contributed by atoms with Gasteiger partial charge in [-0.05, 0) is 59.7 Å². The molecule has 2 aromatic rings. The summed E-state index contributed by atoms with van der Waals surface area (Å²) < 4.78 is 23.8. The first-order chi connectivity index (χ1) is 21.0. The van der Waals surface area contributed by atoms with Gasteiger partial charge in [-0.25, -0.2) is 0 Å². The van der Waals surface area contributed by atoms with E-state index in [1.54, 1.807) is 7.11 Å². The van der Waals surface area contributed by atoms with Crippen LogP contribution in [0.4, 0.5) is 5.69 Å². The van der Waals surface area contributed by atoms with Crippen molar-refractivity contribution in [2.45, 2.75) is 51.4 Å². The predicted molar refractivity (Wildman–Crippen MR) is 168 cm³/mol. The molecule has 0 heterocycles. The highest BCUT2D eigenvalue weighted by molar-refractivity contribution is 7.80. The van der Waals surface area contributed by atoms with Crippen LogP contribution in [0.25, 0.3) is 11.1 Å². The third kappa shape index (κ3) is 10.1. The minimum Gasteiger partial charge on any atom is -0.385 e. The van der Waals surface area contributed by atoms with Gasteiger partial charge < -0.3 is 30.2 Å². The van der Waals surface area contributed by atoms with Crippen LogP contribution >= 0.6 is 12.5 Å². The molecule has 0 spiro atoms. The van der Waals surface area contributed by atoms with Crippen molar-refractivity contribution < 1.29 is 28.6 Å². The first-order valence-corrected chi connectivity index (χ1v) is 15.4. The molecule has 0 saturated carbocycles. The zero-order valence-electron chi connectivity index (χ0n) is 25.8. The van der Waals surface area contributed by atoms with Crippen molar-refractivity contribution in [1.82, 2.24) is 10.6 Å². The van der Waals surface area contributed by atoms with Crippen molar-refractivity contribution >= 4 is 35.9 Å². The molecule has 0 aromatic heterocycles. The Morgan fingerprint density at radius 1 is 0.881 bits per heavy atom. The van der Waals surface area contributed by atoms with Gasteiger partial charge in [-0.1, -0.05) is 31.5 Å². The summed E-state index contributed by atoms with van der Waals surface area (Å²) in [6, 6.07) is 11.4. The molecule has 0 fully saturated rings. The lowest BCUT2D eigenvalue weighted by atomic mass is 9.97. The van der Waals surface area contributed by atoms with E-state index < -0.39 is 0 Å². The standard InChI is InChI=1S/C32H45N3O6S/c1-3-4-17-40-19-14-33-29(36)10-6-11-30(37)35-23-12-13-25-27(21-23)28(22-42)24-8-5-9-26(31(24)25)32(38)34-15-20-41-18-7-16-39-2/h5,8-9,12-13,21,28,42H,3-4,6-7,10-11,14-20,22H2,1-2H3,(H,33,36)(H,34,38)(H,35,37)/i/hD. The lowest BCUT2D eigenvalue weighted by molar-refractivity contribution is -0.121. The number of ether oxygens (including phenoxy) is 3. The van der Waals surface area contributed by atoms with Crippen LogP contribution in [0.3, 0.4) is 0 Å². The molecule has 3 rings (SSSR count). The van der Waals surface area contributed by atoms with Gasteiger partial charge in [-0.15, -0.1) is 0 Å². The molecular weight excluding hydrogens is 554 g/mol. The van der Waals surface area contributed by atoms with Gasteiger partial charge in [-0.2, -0.15) is 12.5 Å².